The lowest BCUT2D eigenvalue weighted by Crippen LogP contribution is -1.93. The maximum atomic E-state index is 2.38. The molecule has 0 saturated heterocycles. The van der Waals surface area contributed by atoms with E-state index in [2.05, 4.69) is 215 Å². The number of hydrogen-bond acceptors (Lipinski definition) is 0. The highest BCUT2D eigenvalue weighted by molar-refractivity contribution is 6.26. The van der Waals surface area contributed by atoms with Crippen LogP contribution in [-0.4, -0.2) is 9.13 Å². The second-order valence-corrected chi connectivity index (χ2v) is 14.9. The van der Waals surface area contributed by atoms with E-state index in [1.165, 1.54) is 110 Å². The van der Waals surface area contributed by atoms with Crippen molar-refractivity contribution in [2.75, 3.05) is 0 Å². The minimum atomic E-state index is 1.17. The Morgan fingerprint density at radius 2 is 0.464 bits per heavy atom. The first-order chi connectivity index (χ1) is 27.8. The molecule has 0 amide bonds. The highest BCUT2D eigenvalue weighted by Gasteiger charge is 2.15. The molecule has 0 radical (unpaired) electrons. The van der Waals surface area contributed by atoms with Crippen molar-refractivity contribution in [1.29, 1.82) is 0 Å². The summed E-state index contributed by atoms with van der Waals surface area (Å²) < 4.78 is 4.76. The Morgan fingerprint density at radius 3 is 0.804 bits per heavy atom. The Balaban J connectivity index is 0.936. The van der Waals surface area contributed by atoms with Crippen LogP contribution in [0.3, 0.4) is 0 Å². The number of para-hydroxylation sites is 4. The Labute approximate surface area is 323 Å². The van der Waals surface area contributed by atoms with Crippen LogP contribution in [0.25, 0.3) is 110 Å². The van der Waals surface area contributed by atoms with Gasteiger partial charge in [-0.15, -0.1) is 0 Å². The van der Waals surface area contributed by atoms with Crippen molar-refractivity contribution >= 4 is 75.9 Å². The molecule has 12 rings (SSSR count). The minimum Gasteiger partial charge on any atom is -0.309 e. The van der Waals surface area contributed by atoms with Gasteiger partial charge in [0.25, 0.3) is 0 Å². The largest absolute Gasteiger partial charge is 0.309 e. The lowest BCUT2D eigenvalue weighted by atomic mass is 9.90. The summed E-state index contributed by atoms with van der Waals surface area (Å²) in [6, 6.07) is 75.7. The molecule has 0 spiro atoms. The van der Waals surface area contributed by atoms with Gasteiger partial charge in [-0.1, -0.05) is 146 Å². The molecule has 0 fully saturated rings. The maximum absolute atomic E-state index is 2.38. The highest BCUT2D eigenvalue weighted by atomic mass is 15.0. The summed E-state index contributed by atoms with van der Waals surface area (Å²) in [6.07, 6.45) is 0. The molecular formula is C54H34N2. The van der Waals surface area contributed by atoms with Crippen molar-refractivity contribution in [3.63, 3.8) is 0 Å². The zero-order valence-corrected chi connectivity index (χ0v) is 30.5. The van der Waals surface area contributed by atoms with Crippen molar-refractivity contribution in [3.05, 3.63) is 206 Å². The molecule has 0 aliphatic heterocycles. The molecule has 2 heteroatoms. The van der Waals surface area contributed by atoms with E-state index in [9.17, 15) is 0 Å². The summed E-state index contributed by atoms with van der Waals surface area (Å²) in [6.45, 7) is 0. The first-order valence-corrected chi connectivity index (χ1v) is 19.3. The number of rotatable bonds is 4. The molecule has 0 aliphatic rings. The van der Waals surface area contributed by atoms with E-state index in [-0.39, 0.29) is 0 Å². The van der Waals surface area contributed by atoms with Gasteiger partial charge in [0, 0.05) is 32.9 Å². The van der Waals surface area contributed by atoms with Gasteiger partial charge in [0.2, 0.25) is 0 Å². The number of aromatic nitrogens is 2. The monoisotopic (exact) mass is 710 g/mol. The van der Waals surface area contributed by atoms with Gasteiger partial charge in [0.05, 0.1) is 22.1 Å². The van der Waals surface area contributed by atoms with E-state index in [1.54, 1.807) is 0 Å². The van der Waals surface area contributed by atoms with Crippen LogP contribution in [0.4, 0.5) is 0 Å². The Morgan fingerprint density at radius 1 is 0.196 bits per heavy atom. The fraction of sp³-hybridized carbons (Fsp3) is 0. The number of benzene rings is 10. The van der Waals surface area contributed by atoms with Gasteiger partial charge < -0.3 is 9.13 Å². The first-order valence-electron chi connectivity index (χ1n) is 19.3. The zero-order valence-electron chi connectivity index (χ0n) is 30.5. The van der Waals surface area contributed by atoms with Gasteiger partial charge in [0.15, 0.2) is 0 Å². The molecule has 56 heavy (non-hydrogen) atoms. The van der Waals surface area contributed by atoms with Crippen LogP contribution in [0, 0.1) is 0 Å². The van der Waals surface area contributed by atoms with Crippen LogP contribution in [0.15, 0.2) is 206 Å². The van der Waals surface area contributed by atoms with Crippen molar-refractivity contribution in [3.8, 4) is 33.6 Å². The summed E-state index contributed by atoms with van der Waals surface area (Å²) in [5.41, 5.74) is 12.1. The van der Waals surface area contributed by atoms with Crippen LogP contribution >= 0.6 is 0 Å². The summed E-state index contributed by atoms with van der Waals surface area (Å²) in [5, 5.41) is 12.8. The normalized spacial score (nSPS) is 11.9. The van der Waals surface area contributed by atoms with Crippen LogP contribution in [0.5, 0.6) is 0 Å². The summed E-state index contributed by atoms with van der Waals surface area (Å²) in [7, 11) is 0. The highest BCUT2D eigenvalue weighted by Crippen LogP contribution is 2.40. The third-order valence-electron chi connectivity index (χ3n) is 11.9. The average Bonchev–Trinajstić information content (AvgIpc) is 3.79. The van der Waals surface area contributed by atoms with Gasteiger partial charge >= 0.3 is 0 Å². The number of hydrogen-bond donors (Lipinski definition) is 0. The molecule has 0 atom stereocenters. The molecule has 2 heterocycles. The zero-order chi connectivity index (χ0) is 36.7. The molecule has 0 aliphatic carbocycles. The second kappa shape index (κ2) is 12.0. The van der Waals surface area contributed by atoms with Gasteiger partial charge in [0.1, 0.15) is 0 Å². The quantitative estimate of drug-likeness (QED) is 0.161. The SMILES string of the molecule is c1ccc2c(c1)c1cc(-c3ccc(-n4c5ccccc5c5ccccc54)cc3)ccc1c1ccc(-c3ccc(-n4c5ccccc5c5ccccc54)cc3)cc21. The second-order valence-electron chi connectivity index (χ2n) is 14.9. The predicted molar refractivity (Wildman–Crippen MR) is 239 cm³/mol. The standard InChI is InChI=1S/C54H34N2/c1-2-12-42-41(11-1)49-33-37(35-21-27-39(28-22-35)55-51-17-7-3-13-45(51)46-14-4-8-18-52(46)55)25-31-43(49)44-32-26-38(34-50(42)44)36-23-29-40(30-24-36)56-53-19-9-5-15-47(53)48-16-6-10-20-54(48)56/h1-34H. The van der Waals surface area contributed by atoms with E-state index in [0.29, 0.717) is 0 Å². The Hall–Kier alpha value is -7.42. The van der Waals surface area contributed by atoms with Gasteiger partial charge in [-0.3, -0.25) is 0 Å². The topological polar surface area (TPSA) is 9.86 Å². The van der Waals surface area contributed by atoms with Crippen LogP contribution in [-0.2, 0) is 0 Å². The lowest BCUT2D eigenvalue weighted by molar-refractivity contribution is 1.18. The molecular weight excluding hydrogens is 677 g/mol. The molecule has 0 bridgehead atoms. The molecule has 0 saturated carbocycles. The average molecular weight is 711 g/mol. The van der Waals surface area contributed by atoms with Crippen LogP contribution < -0.4 is 0 Å². The molecule has 10 aromatic carbocycles. The van der Waals surface area contributed by atoms with Gasteiger partial charge in [-0.2, -0.15) is 0 Å². The van der Waals surface area contributed by atoms with Crippen molar-refractivity contribution in [2.24, 2.45) is 0 Å². The molecule has 12 aromatic rings. The van der Waals surface area contributed by atoms with E-state index in [0.717, 1.165) is 0 Å². The van der Waals surface area contributed by atoms with Crippen LogP contribution in [0.2, 0.25) is 0 Å². The first kappa shape index (κ1) is 31.0. The summed E-state index contributed by atoms with van der Waals surface area (Å²) in [4.78, 5) is 0. The Bertz CT molecular complexity index is 3150. The molecule has 0 N–H and O–H groups in total. The maximum Gasteiger partial charge on any atom is 0.0541 e. The fourth-order valence-electron chi connectivity index (χ4n) is 9.32. The number of fused-ring (bicyclic) bond motifs is 12. The van der Waals surface area contributed by atoms with E-state index >= 15 is 0 Å². The summed E-state index contributed by atoms with van der Waals surface area (Å²) >= 11 is 0. The van der Waals surface area contributed by atoms with E-state index < -0.39 is 0 Å². The van der Waals surface area contributed by atoms with Gasteiger partial charge in [-0.05, 0) is 115 Å². The van der Waals surface area contributed by atoms with Crippen LogP contribution in [0.1, 0.15) is 0 Å². The fourth-order valence-corrected chi connectivity index (χ4v) is 9.32. The van der Waals surface area contributed by atoms with Crippen molar-refractivity contribution in [1.82, 2.24) is 9.13 Å². The van der Waals surface area contributed by atoms with Crippen molar-refractivity contribution < 1.29 is 0 Å². The molecule has 2 aromatic heterocycles. The summed E-state index contributed by atoms with van der Waals surface area (Å²) in [5.74, 6) is 0. The molecule has 0 unspecified atom stereocenters. The Kier molecular flexibility index (Phi) is 6.66. The van der Waals surface area contributed by atoms with Gasteiger partial charge in [-0.25, -0.2) is 0 Å². The van der Waals surface area contributed by atoms with Crippen molar-refractivity contribution in [2.45, 2.75) is 0 Å². The third-order valence-corrected chi connectivity index (χ3v) is 11.9. The third kappa shape index (κ3) is 4.57. The lowest BCUT2D eigenvalue weighted by Gasteiger charge is -2.14. The van der Waals surface area contributed by atoms with E-state index in [4.69, 9.17) is 0 Å². The van der Waals surface area contributed by atoms with E-state index in [1.807, 2.05) is 0 Å². The number of nitrogens with zero attached hydrogens (tertiary/aromatic N) is 2. The predicted octanol–water partition coefficient (Wildman–Crippen LogP) is 14.7. The minimum absolute atomic E-state index is 1.17. The smallest absolute Gasteiger partial charge is 0.0541 e. The molecule has 260 valence electrons. The molecule has 2 nitrogen and oxygen atoms in total.